The molecule has 0 radical (unpaired) electrons. The summed E-state index contributed by atoms with van der Waals surface area (Å²) in [6.45, 7) is 3.76. The minimum Gasteiger partial charge on any atom is -0.337 e. The monoisotopic (exact) mass is 368 g/mol. The van der Waals surface area contributed by atoms with E-state index >= 15 is 0 Å². The van der Waals surface area contributed by atoms with E-state index in [1.54, 1.807) is 30.4 Å². The molecule has 1 amide bonds. The number of nitrogens with zero attached hydrogens (tertiary/aromatic N) is 4. The maximum Gasteiger partial charge on any atom is 0.255 e. The van der Waals surface area contributed by atoms with E-state index in [4.69, 9.17) is 0 Å². The lowest BCUT2D eigenvalue weighted by Gasteiger charge is -2.36. The van der Waals surface area contributed by atoms with Crippen LogP contribution in [0.2, 0.25) is 0 Å². The third kappa shape index (κ3) is 4.07. The summed E-state index contributed by atoms with van der Waals surface area (Å²) in [4.78, 5) is 27.9. The van der Waals surface area contributed by atoms with Gasteiger partial charge in [-0.2, -0.15) is 0 Å². The fourth-order valence-electron chi connectivity index (χ4n) is 3.57. The maximum absolute atomic E-state index is 13.0. The Morgan fingerprint density at radius 2 is 1.81 bits per heavy atom. The SMILES string of the molecule is O=C(c1cncc(Sc2ccncc2)c1)N1CCCN(C2CCC2)CC1. The summed E-state index contributed by atoms with van der Waals surface area (Å²) in [6.07, 6.45) is 12.1. The molecule has 26 heavy (non-hydrogen) atoms. The second-order valence-electron chi connectivity index (χ2n) is 6.96. The van der Waals surface area contributed by atoms with Gasteiger partial charge in [0.25, 0.3) is 5.91 Å². The molecule has 2 fully saturated rings. The molecule has 0 atom stereocenters. The van der Waals surface area contributed by atoms with Gasteiger partial charge in [-0.3, -0.25) is 19.7 Å². The second-order valence-corrected chi connectivity index (χ2v) is 8.11. The number of carbonyl (C=O) groups is 1. The Balaban J connectivity index is 1.41. The van der Waals surface area contributed by atoms with Crippen molar-refractivity contribution < 1.29 is 4.79 Å². The smallest absolute Gasteiger partial charge is 0.255 e. The summed E-state index contributed by atoms with van der Waals surface area (Å²) in [5.74, 6) is 0.102. The minimum absolute atomic E-state index is 0.102. The summed E-state index contributed by atoms with van der Waals surface area (Å²) >= 11 is 1.60. The van der Waals surface area contributed by atoms with Crippen LogP contribution in [0.5, 0.6) is 0 Å². The number of rotatable bonds is 4. The lowest BCUT2D eigenvalue weighted by Crippen LogP contribution is -2.42. The number of pyridine rings is 2. The van der Waals surface area contributed by atoms with Crippen molar-refractivity contribution >= 4 is 17.7 Å². The molecule has 6 heteroatoms. The number of aromatic nitrogens is 2. The lowest BCUT2D eigenvalue weighted by atomic mass is 9.91. The van der Waals surface area contributed by atoms with Gasteiger partial charge in [0.1, 0.15) is 0 Å². The molecule has 1 saturated heterocycles. The first kappa shape index (κ1) is 17.5. The normalized spacial score (nSPS) is 19.0. The van der Waals surface area contributed by atoms with Crippen LogP contribution in [0.4, 0.5) is 0 Å². The average Bonchev–Trinajstić information content (AvgIpc) is 2.87. The van der Waals surface area contributed by atoms with Gasteiger partial charge in [-0.05, 0) is 37.5 Å². The van der Waals surface area contributed by atoms with Crippen LogP contribution in [0.25, 0.3) is 0 Å². The number of amides is 1. The summed E-state index contributed by atoms with van der Waals surface area (Å²) in [6, 6.07) is 6.63. The highest BCUT2D eigenvalue weighted by Crippen LogP contribution is 2.28. The molecular formula is C20H24N4OS. The van der Waals surface area contributed by atoms with Crippen molar-refractivity contribution in [2.24, 2.45) is 0 Å². The van der Waals surface area contributed by atoms with Crippen molar-refractivity contribution in [3.63, 3.8) is 0 Å². The Morgan fingerprint density at radius 1 is 0.962 bits per heavy atom. The van der Waals surface area contributed by atoms with E-state index < -0.39 is 0 Å². The summed E-state index contributed by atoms with van der Waals surface area (Å²) in [7, 11) is 0. The molecule has 1 aliphatic heterocycles. The Bertz CT molecular complexity index is 750. The van der Waals surface area contributed by atoms with Crippen LogP contribution < -0.4 is 0 Å². The van der Waals surface area contributed by atoms with Crippen LogP contribution in [0.15, 0.2) is 52.8 Å². The Labute approximate surface area is 158 Å². The van der Waals surface area contributed by atoms with Gasteiger partial charge in [0.05, 0.1) is 5.56 Å². The molecule has 0 spiro atoms. The topological polar surface area (TPSA) is 49.3 Å². The second kappa shape index (κ2) is 8.18. The van der Waals surface area contributed by atoms with E-state index in [1.165, 1.54) is 19.3 Å². The van der Waals surface area contributed by atoms with E-state index in [-0.39, 0.29) is 5.91 Å². The molecule has 0 unspecified atom stereocenters. The van der Waals surface area contributed by atoms with Crippen LogP contribution in [0.3, 0.4) is 0 Å². The third-order valence-electron chi connectivity index (χ3n) is 5.25. The molecule has 0 bridgehead atoms. The van der Waals surface area contributed by atoms with Gasteiger partial charge in [-0.25, -0.2) is 0 Å². The van der Waals surface area contributed by atoms with Gasteiger partial charge in [0.15, 0.2) is 0 Å². The standard InChI is InChI=1S/C20H24N4OS/c25-20(24-10-2-9-23(11-12-24)17-3-1-4-17)16-13-19(15-22-14-16)26-18-5-7-21-8-6-18/h5-8,13-15,17H,1-4,9-12H2. The van der Waals surface area contributed by atoms with E-state index in [0.717, 1.165) is 48.4 Å². The Kier molecular flexibility index (Phi) is 5.51. The van der Waals surface area contributed by atoms with Gasteiger partial charge < -0.3 is 4.90 Å². The molecule has 2 aromatic rings. The zero-order chi connectivity index (χ0) is 17.8. The van der Waals surface area contributed by atoms with Crippen molar-refractivity contribution in [2.75, 3.05) is 26.2 Å². The Hall–Kier alpha value is -1.92. The number of hydrogen-bond acceptors (Lipinski definition) is 5. The molecular weight excluding hydrogens is 344 g/mol. The van der Waals surface area contributed by atoms with Crippen molar-refractivity contribution in [3.05, 3.63) is 48.5 Å². The number of hydrogen-bond donors (Lipinski definition) is 0. The van der Waals surface area contributed by atoms with Gasteiger partial charge in [0, 0.05) is 66.8 Å². The highest BCUT2D eigenvalue weighted by Gasteiger charge is 2.28. The van der Waals surface area contributed by atoms with Crippen molar-refractivity contribution in [2.45, 2.75) is 41.5 Å². The highest BCUT2D eigenvalue weighted by atomic mass is 32.2. The quantitative estimate of drug-likeness (QED) is 0.828. The first-order valence-corrected chi connectivity index (χ1v) is 10.2. The zero-order valence-electron chi connectivity index (χ0n) is 14.9. The summed E-state index contributed by atoms with van der Waals surface area (Å²) in [5, 5.41) is 0. The predicted octanol–water partition coefficient (Wildman–Crippen LogP) is 3.33. The van der Waals surface area contributed by atoms with Crippen molar-refractivity contribution in [3.8, 4) is 0 Å². The van der Waals surface area contributed by atoms with Crippen molar-refractivity contribution in [1.29, 1.82) is 0 Å². The van der Waals surface area contributed by atoms with E-state index in [9.17, 15) is 4.79 Å². The Morgan fingerprint density at radius 3 is 2.58 bits per heavy atom. The third-order valence-corrected chi connectivity index (χ3v) is 6.22. The van der Waals surface area contributed by atoms with Crippen LogP contribution in [-0.4, -0.2) is 57.9 Å². The molecule has 1 aliphatic carbocycles. The molecule has 136 valence electrons. The predicted molar refractivity (Wildman–Crippen MR) is 102 cm³/mol. The van der Waals surface area contributed by atoms with E-state index in [2.05, 4.69) is 14.9 Å². The highest BCUT2D eigenvalue weighted by molar-refractivity contribution is 7.99. The van der Waals surface area contributed by atoms with E-state index in [1.807, 2.05) is 29.3 Å². The molecule has 3 heterocycles. The average molecular weight is 369 g/mol. The lowest BCUT2D eigenvalue weighted by molar-refractivity contribution is 0.0749. The largest absolute Gasteiger partial charge is 0.337 e. The van der Waals surface area contributed by atoms with E-state index in [0.29, 0.717) is 5.56 Å². The molecule has 1 saturated carbocycles. The van der Waals surface area contributed by atoms with Crippen LogP contribution in [0.1, 0.15) is 36.0 Å². The fourth-order valence-corrected chi connectivity index (χ4v) is 4.40. The van der Waals surface area contributed by atoms with Gasteiger partial charge in [-0.1, -0.05) is 18.2 Å². The number of carbonyl (C=O) groups excluding carboxylic acids is 1. The first-order valence-electron chi connectivity index (χ1n) is 9.36. The molecule has 4 rings (SSSR count). The minimum atomic E-state index is 0.102. The molecule has 2 aliphatic rings. The fraction of sp³-hybridized carbons (Fsp3) is 0.450. The van der Waals surface area contributed by atoms with Gasteiger partial charge in [-0.15, -0.1) is 0 Å². The molecule has 0 aromatic carbocycles. The molecule has 0 N–H and O–H groups in total. The van der Waals surface area contributed by atoms with Crippen LogP contribution in [-0.2, 0) is 0 Å². The molecule has 5 nitrogen and oxygen atoms in total. The molecule has 2 aromatic heterocycles. The maximum atomic E-state index is 13.0. The van der Waals surface area contributed by atoms with Gasteiger partial charge >= 0.3 is 0 Å². The van der Waals surface area contributed by atoms with Crippen LogP contribution in [0, 0.1) is 0 Å². The van der Waals surface area contributed by atoms with Crippen LogP contribution >= 0.6 is 11.8 Å². The van der Waals surface area contributed by atoms with Crippen molar-refractivity contribution in [1.82, 2.24) is 19.8 Å². The summed E-state index contributed by atoms with van der Waals surface area (Å²) in [5.41, 5.74) is 0.682. The summed E-state index contributed by atoms with van der Waals surface area (Å²) < 4.78 is 0. The first-order chi connectivity index (χ1) is 12.8. The zero-order valence-corrected chi connectivity index (χ0v) is 15.7. The van der Waals surface area contributed by atoms with Gasteiger partial charge in [0.2, 0.25) is 0 Å².